The maximum Gasteiger partial charge on any atom is 0.208 e. The molecule has 7 heteroatoms. The fraction of sp³-hybridized carbons (Fsp3) is 0.889. The highest BCUT2D eigenvalue weighted by atomic mass is 32.2. The van der Waals surface area contributed by atoms with Crippen molar-refractivity contribution < 1.29 is 8.42 Å². The van der Waals surface area contributed by atoms with E-state index in [1.807, 2.05) is 0 Å². The molecule has 6 nitrogen and oxygen atoms in total. The summed E-state index contributed by atoms with van der Waals surface area (Å²) >= 11 is 0. The number of aliphatic imine (C=N–C) groups is 1. The smallest absolute Gasteiger partial charge is 0.208 e. The Morgan fingerprint density at radius 3 is 2.56 bits per heavy atom. The van der Waals surface area contributed by atoms with Crippen molar-refractivity contribution >= 4 is 16.0 Å². The second-order valence-corrected chi connectivity index (χ2v) is 5.77. The van der Waals surface area contributed by atoms with Crippen molar-refractivity contribution in [3.05, 3.63) is 0 Å². The number of nitrogens with one attached hydrogen (secondary N) is 3. The molecule has 0 aliphatic heterocycles. The first-order chi connectivity index (χ1) is 7.51. The lowest BCUT2D eigenvalue weighted by molar-refractivity contribution is 0.584. The number of hydrogen-bond donors (Lipinski definition) is 3. The molecule has 0 heterocycles. The summed E-state index contributed by atoms with van der Waals surface area (Å²) in [6, 6.07) is 0.570. The van der Waals surface area contributed by atoms with Gasteiger partial charge < -0.3 is 10.6 Å². The van der Waals surface area contributed by atoms with Crippen LogP contribution >= 0.6 is 0 Å². The van der Waals surface area contributed by atoms with E-state index in [0.29, 0.717) is 19.1 Å². The molecule has 0 spiro atoms. The van der Waals surface area contributed by atoms with E-state index in [-0.39, 0.29) is 0 Å². The Bertz CT molecular complexity index is 335. The molecule has 1 fully saturated rings. The normalized spacial score (nSPS) is 17.2. The molecule has 16 heavy (non-hydrogen) atoms. The molecule has 0 aromatic heterocycles. The van der Waals surface area contributed by atoms with E-state index in [9.17, 15) is 8.42 Å². The van der Waals surface area contributed by atoms with Gasteiger partial charge in [-0.2, -0.15) is 0 Å². The number of sulfonamides is 1. The first kappa shape index (κ1) is 13.2. The Balaban J connectivity index is 2.04. The van der Waals surface area contributed by atoms with Gasteiger partial charge in [-0.1, -0.05) is 0 Å². The van der Waals surface area contributed by atoms with Gasteiger partial charge in [-0.25, -0.2) is 13.1 Å². The lowest BCUT2D eigenvalue weighted by Crippen LogP contribution is -2.39. The quantitative estimate of drug-likeness (QED) is 0.328. The predicted octanol–water partition coefficient (Wildman–Crippen LogP) is -0.747. The summed E-state index contributed by atoms with van der Waals surface area (Å²) in [6.45, 7) is 1.15. The highest BCUT2D eigenvalue weighted by molar-refractivity contribution is 7.88. The van der Waals surface area contributed by atoms with Crippen molar-refractivity contribution in [2.24, 2.45) is 4.99 Å². The Morgan fingerprint density at radius 2 is 2.06 bits per heavy atom. The molecule has 0 amide bonds. The van der Waals surface area contributed by atoms with Crippen LogP contribution in [0.1, 0.15) is 19.3 Å². The van der Waals surface area contributed by atoms with Crippen LogP contribution in [-0.4, -0.2) is 46.8 Å². The highest BCUT2D eigenvalue weighted by Crippen LogP contribution is 2.18. The third kappa shape index (κ3) is 6.62. The molecule has 0 aromatic carbocycles. The van der Waals surface area contributed by atoms with Crippen LogP contribution in [-0.2, 0) is 10.0 Å². The largest absolute Gasteiger partial charge is 0.356 e. The van der Waals surface area contributed by atoms with Crippen LogP contribution in [0.4, 0.5) is 0 Å². The van der Waals surface area contributed by atoms with Gasteiger partial charge in [0.05, 0.1) is 6.26 Å². The van der Waals surface area contributed by atoms with E-state index < -0.39 is 10.0 Å². The van der Waals surface area contributed by atoms with E-state index in [1.54, 1.807) is 7.05 Å². The molecule has 0 bridgehead atoms. The first-order valence-electron chi connectivity index (χ1n) is 5.43. The molecule has 0 atom stereocenters. The van der Waals surface area contributed by atoms with E-state index in [1.165, 1.54) is 12.8 Å². The molecule has 94 valence electrons. The monoisotopic (exact) mass is 248 g/mol. The van der Waals surface area contributed by atoms with Gasteiger partial charge in [-0.05, 0) is 19.3 Å². The highest BCUT2D eigenvalue weighted by Gasteiger charge is 2.21. The Kier molecular flexibility index (Phi) is 5.01. The topological polar surface area (TPSA) is 82.6 Å². The standard InChI is InChI=1S/C9H20N4O2S/c1-10-9(13-8-4-5-8)11-6-3-7-12-16(2,14)15/h8,12H,3-7H2,1-2H3,(H2,10,11,13). The van der Waals surface area contributed by atoms with Gasteiger partial charge in [0, 0.05) is 26.2 Å². The predicted molar refractivity (Wildman–Crippen MR) is 65.0 cm³/mol. The van der Waals surface area contributed by atoms with E-state index in [0.717, 1.165) is 18.6 Å². The van der Waals surface area contributed by atoms with E-state index >= 15 is 0 Å². The molecule has 0 radical (unpaired) electrons. The second kappa shape index (κ2) is 6.05. The van der Waals surface area contributed by atoms with Gasteiger partial charge >= 0.3 is 0 Å². The van der Waals surface area contributed by atoms with Crippen molar-refractivity contribution in [2.45, 2.75) is 25.3 Å². The summed E-state index contributed by atoms with van der Waals surface area (Å²) in [6.07, 6.45) is 4.30. The average molecular weight is 248 g/mol. The van der Waals surface area contributed by atoms with E-state index in [4.69, 9.17) is 0 Å². The fourth-order valence-electron chi connectivity index (χ4n) is 1.17. The van der Waals surface area contributed by atoms with Crippen LogP contribution in [0, 0.1) is 0 Å². The zero-order chi connectivity index (χ0) is 12.0. The van der Waals surface area contributed by atoms with Gasteiger partial charge in [0.1, 0.15) is 0 Å². The van der Waals surface area contributed by atoms with E-state index in [2.05, 4.69) is 20.3 Å². The minimum absolute atomic E-state index is 0.451. The lowest BCUT2D eigenvalue weighted by Gasteiger charge is -2.10. The van der Waals surface area contributed by atoms with Crippen LogP contribution in [0.2, 0.25) is 0 Å². The Morgan fingerprint density at radius 1 is 1.38 bits per heavy atom. The van der Waals surface area contributed by atoms with Gasteiger partial charge in [0.25, 0.3) is 0 Å². The van der Waals surface area contributed by atoms with Crippen LogP contribution in [0.5, 0.6) is 0 Å². The summed E-state index contributed by atoms with van der Waals surface area (Å²) in [7, 11) is -1.33. The van der Waals surface area contributed by atoms with Crippen LogP contribution in [0.3, 0.4) is 0 Å². The number of rotatable bonds is 6. The number of nitrogens with zero attached hydrogens (tertiary/aromatic N) is 1. The molecule has 1 saturated carbocycles. The average Bonchev–Trinajstić information content (AvgIpc) is 2.97. The summed E-state index contributed by atoms with van der Waals surface area (Å²) in [5.41, 5.74) is 0. The maximum atomic E-state index is 10.8. The summed E-state index contributed by atoms with van der Waals surface area (Å²) in [5.74, 6) is 0.793. The van der Waals surface area contributed by atoms with Crippen LogP contribution < -0.4 is 15.4 Å². The van der Waals surface area contributed by atoms with Gasteiger partial charge in [0.2, 0.25) is 10.0 Å². The maximum absolute atomic E-state index is 10.8. The van der Waals surface area contributed by atoms with Gasteiger partial charge in [0.15, 0.2) is 5.96 Å². The minimum Gasteiger partial charge on any atom is -0.356 e. The summed E-state index contributed by atoms with van der Waals surface area (Å²) < 4.78 is 24.0. The molecule has 1 aliphatic carbocycles. The molecule has 1 rings (SSSR count). The summed E-state index contributed by atoms with van der Waals surface area (Å²) in [5, 5.41) is 6.38. The van der Waals surface area contributed by atoms with Crippen molar-refractivity contribution in [1.29, 1.82) is 0 Å². The fourth-order valence-corrected chi connectivity index (χ4v) is 1.68. The zero-order valence-corrected chi connectivity index (χ0v) is 10.6. The van der Waals surface area contributed by atoms with Crippen LogP contribution in [0.25, 0.3) is 0 Å². The Hall–Kier alpha value is -0.820. The molecule has 0 saturated heterocycles. The van der Waals surface area contributed by atoms with Crippen molar-refractivity contribution in [2.75, 3.05) is 26.4 Å². The van der Waals surface area contributed by atoms with Crippen LogP contribution in [0.15, 0.2) is 4.99 Å². The Labute approximate surface area is 97.0 Å². The number of hydrogen-bond acceptors (Lipinski definition) is 3. The lowest BCUT2D eigenvalue weighted by atomic mass is 10.4. The first-order valence-corrected chi connectivity index (χ1v) is 7.32. The molecule has 3 N–H and O–H groups in total. The minimum atomic E-state index is -3.06. The molecule has 0 unspecified atom stereocenters. The van der Waals surface area contributed by atoms with Crippen molar-refractivity contribution in [3.8, 4) is 0 Å². The third-order valence-corrected chi connectivity index (χ3v) is 2.88. The summed E-state index contributed by atoms with van der Waals surface area (Å²) in [4.78, 5) is 4.07. The zero-order valence-electron chi connectivity index (χ0n) is 9.78. The van der Waals surface area contributed by atoms with Gasteiger partial charge in [-0.3, -0.25) is 4.99 Å². The van der Waals surface area contributed by atoms with Gasteiger partial charge in [-0.15, -0.1) is 0 Å². The third-order valence-electron chi connectivity index (χ3n) is 2.15. The SMILES string of the molecule is CN=C(NCCCNS(C)(=O)=O)NC1CC1. The van der Waals surface area contributed by atoms with Crippen molar-refractivity contribution in [3.63, 3.8) is 0 Å². The van der Waals surface area contributed by atoms with Crippen molar-refractivity contribution in [1.82, 2.24) is 15.4 Å². The molecule has 0 aromatic rings. The number of guanidine groups is 1. The molecule has 1 aliphatic rings. The molecular weight excluding hydrogens is 228 g/mol. The second-order valence-electron chi connectivity index (χ2n) is 3.94. The molecular formula is C9H20N4O2S.